The smallest absolute Gasteiger partial charge is 0.255 e. The molecule has 0 aliphatic carbocycles. The third-order valence-electron chi connectivity index (χ3n) is 2.98. The third kappa shape index (κ3) is 4.37. The number of hydrogen-bond acceptors (Lipinski definition) is 3. The van der Waals surface area contributed by atoms with Crippen molar-refractivity contribution in [2.24, 2.45) is 0 Å². The first-order valence-electron chi connectivity index (χ1n) is 7.01. The molecule has 116 valence electrons. The highest BCUT2D eigenvalue weighted by Crippen LogP contribution is 2.23. The fraction of sp³-hybridized carbons (Fsp3) is 0.235. The lowest BCUT2D eigenvalue weighted by atomic mass is 10.2. The molecule has 22 heavy (non-hydrogen) atoms. The number of hydrogen-bond donors (Lipinski definition) is 1. The highest BCUT2D eigenvalue weighted by Gasteiger charge is 2.09. The van der Waals surface area contributed by atoms with Crippen LogP contribution in [0.15, 0.2) is 42.5 Å². The van der Waals surface area contributed by atoms with E-state index in [0.717, 1.165) is 21.5 Å². The average Bonchev–Trinajstić information content (AvgIpc) is 2.53. The van der Waals surface area contributed by atoms with E-state index in [0.29, 0.717) is 17.9 Å². The number of carbonyl (C=O) groups excluding carboxylic acids is 1. The maximum Gasteiger partial charge on any atom is 0.255 e. The van der Waals surface area contributed by atoms with E-state index in [1.807, 2.05) is 24.3 Å². The molecule has 0 bridgehead atoms. The number of nitrogens with one attached hydrogen (secondary N) is 1. The van der Waals surface area contributed by atoms with Crippen molar-refractivity contribution in [2.75, 3.05) is 19.0 Å². The lowest BCUT2D eigenvalue weighted by Crippen LogP contribution is -2.12. The molecule has 0 heterocycles. The molecule has 4 nitrogen and oxygen atoms in total. The van der Waals surface area contributed by atoms with Gasteiger partial charge in [0.05, 0.1) is 17.3 Å². The van der Waals surface area contributed by atoms with Crippen molar-refractivity contribution < 1.29 is 14.3 Å². The van der Waals surface area contributed by atoms with E-state index in [1.54, 1.807) is 25.3 Å². The summed E-state index contributed by atoms with van der Waals surface area (Å²) in [5.41, 5.74) is 1.30. The first kappa shape index (κ1) is 16.6. The van der Waals surface area contributed by atoms with Gasteiger partial charge in [0.1, 0.15) is 11.5 Å². The monoisotopic (exact) mass is 411 g/mol. The first-order chi connectivity index (χ1) is 10.6. The van der Waals surface area contributed by atoms with E-state index >= 15 is 0 Å². The van der Waals surface area contributed by atoms with Gasteiger partial charge in [-0.25, -0.2) is 0 Å². The number of benzene rings is 2. The van der Waals surface area contributed by atoms with Crippen LogP contribution < -0.4 is 14.8 Å². The zero-order chi connectivity index (χ0) is 15.9. The maximum absolute atomic E-state index is 12.3. The fourth-order valence-electron chi connectivity index (χ4n) is 1.89. The molecule has 0 aromatic heterocycles. The second kappa shape index (κ2) is 8.03. The zero-order valence-electron chi connectivity index (χ0n) is 12.6. The van der Waals surface area contributed by atoms with Crippen LogP contribution in [-0.4, -0.2) is 19.6 Å². The minimum Gasteiger partial charge on any atom is -0.496 e. The Balaban J connectivity index is 2.10. The van der Waals surface area contributed by atoms with Crippen molar-refractivity contribution in [1.29, 1.82) is 0 Å². The lowest BCUT2D eigenvalue weighted by molar-refractivity contribution is 0.102. The van der Waals surface area contributed by atoms with Crippen LogP contribution in [0.25, 0.3) is 0 Å². The van der Waals surface area contributed by atoms with Crippen molar-refractivity contribution in [1.82, 2.24) is 0 Å². The van der Waals surface area contributed by atoms with Gasteiger partial charge in [0.15, 0.2) is 0 Å². The van der Waals surface area contributed by atoms with Crippen LogP contribution in [0.1, 0.15) is 23.7 Å². The Bertz CT molecular complexity index is 658. The van der Waals surface area contributed by atoms with E-state index in [4.69, 9.17) is 9.47 Å². The van der Waals surface area contributed by atoms with Crippen molar-refractivity contribution in [3.63, 3.8) is 0 Å². The summed E-state index contributed by atoms with van der Waals surface area (Å²) in [6, 6.07) is 12.7. The van der Waals surface area contributed by atoms with Crippen molar-refractivity contribution in [3.05, 3.63) is 51.6 Å². The van der Waals surface area contributed by atoms with Gasteiger partial charge in [0.25, 0.3) is 5.91 Å². The van der Waals surface area contributed by atoms with Crippen molar-refractivity contribution >= 4 is 34.2 Å². The topological polar surface area (TPSA) is 47.6 Å². The van der Waals surface area contributed by atoms with Crippen LogP contribution in [0.3, 0.4) is 0 Å². The van der Waals surface area contributed by atoms with Crippen LogP contribution in [0.5, 0.6) is 11.5 Å². The number of anilines is 1. The number of halogens is 1. The Morgan fingerprint density at radius 3 is 2.73 bits per heavy atom. The Morgan fingerprint density at radius 2 is 2.05 bits per heavy atom. The molecule has 5 heteroatoms. The van der Waals surface area contributed by atoms with E-state index in [9.17, 15) is 4.79 Å². The molecule has 0 aliphatic heterocycles. The Labute approximate surface area is 144 Å². The van der Waals surface area contributed by atoms with Gasteiger partial charge in [-0.2, -0.15) is 0 Å². The van der Waals surface area contributed by atoms with Crippen LogP contribution in [0.2, 0.25) is 0 Å². The molecule has 1 amide bonds. The number of carbonyl (C=O) groups is 1. The highest BCUT2D eigenvalue weighted by atomic mass is 127. The van der Waals surface area contributed by atoms with Gasteiger partial charge in [-0.1, -0.05) is 13.0 Å². The predicted molar refractivity (Wildman–Crippen MR) is 95.9 cm³/mol. The molecular weight excluding hydrogens is 393 g/mol. The Kier molecular flexibility index (Phi) is 6.06. The third-order valence-corrected chi connectivity index (χ3v) is 3.82. The average molecular weight is 411 g/mol. The SMILES string of the molecule is CCCOc1cccc(NC(=O)c2ccc(OC)c(I)c2)c1. The molecule has 1 N–H and O–H groups in total. The minimum atomic E-state index is -0.159. The summed E-state index contributed by atoms with van der Waals surface area (Å²) in [7, 11) is 1.61. The van der Waals surface area contributed by atoms with Gasteiger partial charge in [0, 0.05) is 17.3 Å². The van der Waals surface area contributed by atoms with E-state index in [1.165, 1.54) is 0 Å². The summed E-state index contributed by atoms with van der Waals surface area (Å²) in [4.78, 5) is 12.3. The molecule has 0 fully saturated rings. The predicted octanol–water partition coefficient (Wildman–Crippen LogP) is 4.34. The molecule has 0 spiro atoms. The second-order valence-corrected chi connectivity index (χ2v) is 5.84. The molecule has 2 rings (SSSR count). The molecule has 0 unspecified atom stereocenters. The first-order valence-corrected chi connectivity index (χ1v) is 8.09. The maximum atomic E-state index is 12.3. The summed E-state index contributed by atoms with van der Waals surface area (Å²) >= 11 is 2.15. The van der Waals surface area contributed by atoms with Crippen LogP contribution in [-0.2, 0) is 0 Å². The molecule has 0 atom stereocenters. The molecule has 2 aromatic rings. The summed E-state index contributed by atoms with van der Waals surface area (Å²) in [6.45, 7) is 2.71. The quantitative estimate of drug-likeness (QED) is 0.720. The van der Waals surface area contributed by atoms with E-state index in [2.05, 4.69) is 34.8 Å². The van der Waals surface area contributed by atoms with Crippen molar-refractivity contribution in [2.45, 2.75) is 13.3 Å². The molecule has 0 radical (unpaired) electrons. The van der Waals surface area contributed by atoms with Gasteiger partial charge < -0.3 is 14.8 Å². The number of rotatable bonds is 6. The zero-order valence-corrected chi connectivity index (χ0v) is 14.7. The molecule has 2 aromatic carbocycles. The second-order valence-electron chi connectivity index (χ2n) is 4.68. The number of ether oxygens (including phenoxy) is 2. The van der Waals surface area contributed by atoms with E-state index < -0.39 is 0 Å². The van der Waals surface area contributed by atoms with Gasteiger partial charge in [-0.05, 0) is 59.3 Å². The summed E-state index contributed by atoms with van der Waals surface area (Å²) in [5, 5.41) is 2.88. The summed E-state index contributed by atoms with van der Waals surface area (Å²) < 4.78 is 11.7. The Morgan fingerprint density at radius 1 is 1.23 bits per heavy atom. The van der Waals surface area contributed by atoms with Gasteiger partial charge in [-0.15, -0.1) is 0 Å². The largest absolute Gasteiger partial charge is 0.496 e. The standard InChI is InChI=1S/C17H18INO3/c1-3-9-22-14-6-4-5-13(11-14)19-17(20)12-7-8-16(21-2)15(18)10-12/h4-8,10-11H,3,9H2,1-2H3,(H,19,20). The van der Waals surface area contributed by atoms with E-state index in [-0.39, 0.29) is 5.91 Å². The van der Waals surface area contributed by atoms with Crippen LogP contribution >= 0.6 is 22.6 Å². The van der Waals surface area contributed by atoms with Crippen LogP contribution in [0.4, 0.5) is 5.69 Å². The number of amides is 1. The minimum absolute atomic E-state index is 0.159. The summed E-state index contributed by atoms with van der Waals surface area (Å²) in [6.07, 6.45) is 0.945. The van der Waals surface area contributed by atoms with Crippen LogP contribution in [0, 0.1) is 3.57 Å². The van der Waals surface area contributed by atoms with Gasteiger partial charge in [0.2, 0.25) is 0 Å². The fourth-order valence-corrected chi connectivity index (χ4v) is 2.63. The Hall–Kier alpha value is -1.76. The van der Waals surface area contributed by atoms with Gasteiger partial charge >= 0.3 is 0 Å². The lowest BCUT2D eigenvalue weighted by Gasteiger charge is -2.09. The summed E-state index contributed by atoms with van der Waals surface area (Å²) in [5.74, 6) is 1.35. The number of methoxy groups -OCH3 is 1. The molecular formula is C17H18INO3. The molecule has 0 aliphatic rings. The highest BCUT2D eigenvalue weighted by molar-refractivity contribution is 14.1. The van der Waals surface area contributed by atoms with Crippen molar-refractivity contribution in [3.8, 4) is 11.5 Å². The molecule has 0 saturated carbocycles. The normalized spacial score (nSPS) is 10.1. The van der Waals surface area contributed by atoms with Gasteiger partial charge in [-0.3, -0.25) is 4.79 Å². The molecule has 0 saturated heterocycles.